The maximum atomic E-state index is 6.78. The fourth-order valence-electron chi connectivity index (χ4n) is 9.08. The van der Waals surface area contributed by atoms with Crippen LogP contribution in [0.5, 0.6) is 11.5 Å². The molecule has 0 aliphatic rings. The topological polar surface area (TPSA) is 57.5 Å². The third-order valence-corrected chi connectivity index (χ3v) is 11.8. The van der Waals surface area contributed by atoms with Crippen LogP contribution in [0.2, 0.25) is 0 Å². The number of aromatic nitrogens is 4. The Kier molecular flexibility index (Phi) is 7.99. The first-order valence-corrected chi connectivity index (χ1v) is 20.4. The van der Waals surface area contributed by atoms with Crippen molar-refractivity contribution in [3.8, 4) is 39.7 Å². The van der Waals surface area contributed by atoms with Crippen molar-refractivity contribution in [3.63, 3.8) is 0 Å². The van der Waals surface area contributed by atoms with Crippen molar-refractivity contribution in [2.75, 3.05) is 0 Å². The van der Waals surface area contributed by atoms with Crippen LogP contribution < -0.4 is 4.74 Å². The lowest BCUT2D eigenvalue weighted by molar-refractivity contribution is 0.483. The molecular formula is C53H42N4O2. The minimum absolute atomic E-state index is 0.272. The van der Waals surface area contributed by atoms with E-state index in [0.717, 1.165) is 88.8 Å². The van der Waals surface area contributed by atoms with Gasteiger partial charge < -0.3 is 9.15 Å². The van der Waals surface area contributed by atoms with Gasteiger partial charge in [0.25, 0.3) is 0 Å². The summed E-state index contributed by atoms with van der Waals surface area (Å²) in [5.74, 6) is 2.89. The van der Waals surface area contributed by atoms with Crippen molar-refractivity contribution < 1.29 is 9.15 Å². The van der Waals surface area contributed by atoms with Gasteiger partial charge in [0, 0.05) is 21.7 Å². The van der Waals surface area contributed by atoms with Gasteiger partial charge >= 0.3 is 0 Å². The summed E-state index contributed by atoms with van der Waals surface area (Å²) in [7, 11) is 0. The first-order valence-electron chi connectivity index (χ1n) is 20.4. The van der Waals surface area contributed by atoms with Crippen molar-refractivity contribution in [1.29, 1.82) is 0 Å². The minimum atomic E-state index is 0.272. The Labute approximate surface area is 342 Å². The molecular weight excluding hydrogens is 725 g/mol. The van der Waals surface area contributed by atoms with Gasteiger partial charge in [-0.25, -0.2) is 9.97 Å². The van der Waals surface area contributed by atoms with E-state index in [4.69, 9.17) is 19.1 Å². The second-order valence-corrected chi connectivity index (χ2v) is 16.3. The van der Waals surface area contributed by atoms with Crippen molar-refractivity contribution in [3.05, 3.63) is 169 Å². The van der Waals surface area contributed by atoms with E-state index in [-0.39, 0.29) is 11.8 Å². The molecule has 0 radical (unpaired) electrons. The van der Waals surface area contributed by atoms with E-state index in [0.29, 0.717) is 0 Å². The number of hydrogen-bond donors (Lipinski definition) is 0. The molecule has 6 nitrogen and oxygen atoms in total. The van der Waals surface area contributed by atoms with Gasteiger partial charge in [0.15, 0.2) is 0 Å². The van der Waals surface area contributed by atoms with Gasteiger partial charge in [-0.15, -0.1) is 0 Å². The summed E-state index contributed by atoms with van der Waals surface area (Å²) in [4.78, 5) is 10.6. The maximum absolute atomic E-state index is 6.78. The molecule has 4 aromatic heterocycles. The lowest BCUT2D eigenvalue weighted by Gasteiger charge is -2.24. The molecule has 59 heavy (non-hydrogen) atoms. The molecule has 6 heteroatoms. The second kappa shape index (κ2) is 13.5. The van der Waals surface area contributed by atoms with E-state index in [1.807, 2.05) is 12.1 Å². The maximum Gasteiger partial charge on any atom is 0.146 e. The van der Waals surface area contributed by atoms with Crippen molar-refractivity contribution in [1.82, 2.24) is 18.9 Å². The fraction of sp³-hybridized carbons (Fsp3) is 0.132. The molecule has 7 aromatic carbocycles. The number of imidazole rings is 2. The Bertz CT molecular complexity index is 3410. The quantitative estimate of drug-likeness (QED) is 0.152. The van der Waals surface area contributed by atoms with Crippen LogP contribution in [0.1, 0.15) is 56.2 Å². The molecule has 11 aromatic rings. The number of furan rings is 1. The summed E-state index contributed by atoms with van der Waals surface area (Å²) in [6.07, 6.45) is 1.74. The highest BCUT2D eigenvalue weighted by Crippen LogP contribution is 2.42. The number of rotatable bonds is 7. The molecule has 0 N–H and O–H groups in total. The van der Waals surface area contributed by atoms with Gasteiger partial charge in [0.2, 0.25) is 0 Å². The molecule has 286 valence electrons. The molecule has 4 heterocycles. The van der Waals surface area contributed by atoms with Crippen LogP contribution >= 0.6 is 0 Å². The van der Waals surface area contributed by atoms with E-state index in [9.17, 15) is 0 Å². The smallest absolute Gasteiger partial charge is 0.146 e. The number of ether oxygens (including phenoxy) is 1. The summed E-state index contributed by atoms with van der Waals surface area (Å²) in [6.45, 7) is 11.3. The van der Waals surface area contributed by atoms with E-state index in [1.165, 1.54) is 27.9 Å². The number of fused-ring (bicyclic) bond motifs is 11. The zero-order valence-corrected chi connectivity index (χ0v) is 33.7. The monoisotopic (exact) mass is 766 g/mol. The molecule has 0 atom stereocenters. The highest BCUT2D eigenvalue weighted by Gasteiger charge is 2.24. The number of aryl methyl sites for hydroxylation is 1. The van der Waals surface area contributed by atoms with Crippen LogP contribution in [0.15, 0.2) is 156 Å². The molecule has 0 aliphatic carbocycles. The molecule has 0 saturated heterocycles. The molecule has 11 rings (SSSR count). The Balaban J connectivity index is 1.07. The molecule has 0 aliphatic heterocycles. The zero-order chi connectivity index (χ0) is 39.9. The summed E-state index contributed by atoms with van der Waals surface area (Å²) in [6, 6.07) is 51.3. The van der Waals surface area contributed by atoms with E-state index >= 15 is 0 Å². The predicted molar refractivity (Wildman–Crippen MR) is 242 cm³/mol. The summed E-state index contributed by atoms with van der Waals surface area (Å²) in [5.41, 5.74) is 15.2. The third kappa shape index (κ3) is 5.54. The predicted octanol–water partition coefficient (Wildman–Crippen LogP) is 14.6. The number of hydrogen-bond acceptors (Lipinski definition) is 4. The van der Waals surface area contributed by atoms with E-state index in [2.05, 4.69) is 177 Å². The van der Waals surface area contributed by atoms with Gasteiger partial charge in [-0.1, -0.05) is 100 Å². The van der Waals surface area contributed by atoms with Gasteiger partial charge in [0.05, 0.1) is 34.0 Å². The first-order chi connectivity index (χ1) is 28.8. The standard InChI is InChI=1S/C53H42N4O2/c1-31(2)42-28-36(34-14-7-6-8-15-34)29-43(32(3)4)51(42)57-47-21-12-10-19-45(47)54-52(57)35-16-13-17-37(27-35)59-38-22-23-39-40-18-9-11-20-46(40)56-50-33(5)26-48-41(24-25-58-48)49(50)55-53(56)44(39)30-38/h6-32H,1-5H3. The summed E-state index contributed by atoms with van der Waals surface area (Å²) in [5, 5.41) is 4.31. The molecule has 0 spiro atoms. The summed E-state index contributed by atoms with van der Waals surface area (Å²) < 4.78 is 17.3. The highest BCUT2D eigenvalue weighted by molar-refractivity contribution is 6.16. The SMILES string of the molecule is Cc1cc2occc2c2nc3c4cc(Oc5cccc(-c6nc7ccccc7n6-c6c(C(C)C)cc(-c7ccccc7)cc6C(C)C)c5)ccc4c4ccccc4n3c12. The zero-order valence-electron chi connectivity index (χ0n) is 33.7. The number of benzene rings is 7. The van der Waals surface area contributed by atoms with Gasteiger partial charge in [-0.05, 0) is 125 Å². The number of pyridine rings is 1. The largest absolute Gasteiger partial charge is 0.464 e. The second-order valence-electron chi connectivity index (χ2n) is 16.3. The number of nitrogens with zero attached hydrogens (tertiary/aromatic N) is 4. The van der Waals surface area contributed by atoms with Crippen LogP contribution in [0.4, 0.5) is 0 Å². The fourth-order valence-corrected chi connectivity index (χ4v) is 9.08. The Morgan fingerprint density at radius 2 is 1.27 bits per heavy atom. The van der Waals surface area contributed by atoms with Crippen molar-refractivity contribution >= 4 is 60.4 Å². The van der Waals surface area contributed by atoms with Crippen LogP contribution in [0, 0.1) is 6.92 Å². The van der Waals surface area contributed by atoms with Crippen molar-refractivity contribution in [2.24, 2.45) is 0 Å². The van der Waals surface area contributed by atoms with Crippen LogP contribution in [-0.2, 0) is 0 Å². The van der Waals surface area contributed by atoms with Crippen molar-refractivity contribution in [2.45, 2.75) is 46.5 Å². The normalized spacial score (nSPS) is 12.1. The van der Waals surface area contributed by atoms with Gasteiger partial charge in [-0.2, -0.15) is 0 Å². The number of para-hydroxylation sites is 3. The van der Waals surface area contributed by atoms with E-state index in [1.54, 1.807) is 6.26 Å². The average Bonchev–Trinajstić information content (AvgIpc) is 4.00. The van der Waals surface area contributed by atoms with Gasteiger partial charge in [-0.3, -0.25) is 8.97 Å². The molecule has 0 unspecified atom stereocenters. The third-order valence-electron chi connectivity index (χ3n) is 11.8. The van der Waals surface area contributed by atoms with E-state index < -0.39 is 0 Å². The highest BCUT2D eigenvalue weighted by atomic mass is 16.5. The Morgan fingerprint density at radius 3 is 2.07 bits per heavy atom. The molecule has 0 saturated carbocycles. The Hall–Kier alpha value is -7.18. The van der Waals surface area contributed by atoms with Crippen LogP contribution in [0.25, 0.3) is 88.6 Å². The molecule has 0 amide bonds. The summed E-state index contributed by atoms with van der Waals surface area (Å²) >= 11 is 0. The van der Waals surface area contributed by atoms with Crippen LogP contribution in [-0.4, -0.2) is 18.9 Å². The average molecular weight is 767 g/mol. The molecule has 0 bridgehead atoms. The first kappa shape index (κ1) is 35.0. The van der Waals surface area contributed by atoms with Gasteiger partial charge in [0.1, 0.15) is 34.1 Å². The minimum Gasteiger partial charge on any atom is -0.464 e. The lowest BCUT2D eigenvalue weighted by atomic mass is 9.88. The Morgan fingerprint density at radius 1 is 0.559 bits per heavy atom. The lowest BCUT2D eigenvalue weighted by Crippen LogP contribution is -2.09. The molecule has 0 fully saturated rings. The van der Waals surface area contributed by atoms with Crippen LogP contribution in [0.3, 0.4) is 0 Å².